The van der Waals surface area contributed by atoms with Gasteiger partial charge in [-0.25, -0.2) is 0 Å². The lowest BCUT2D eigenvalue weighted by Crippen LogP contribution is -2.06. The fourth-order valence-electron chi connectivity index (χ4n) is 2.33. The van der Waals surface area contributed by atoms with E-state index in [9.17, 15) is 0 Å². The summed E-state index contributed by atoms with van der Waals surface area (Å²) < 4.78 is 5.43. The Hall–Kier alpha value is -1.74. The molecule has 21 heavy (non-hydrogen) atoms. The lowest BCUT2D eigenvalue weighted by Gasteiger charge is -2.13. The minimum Gasteiger partial charge on any atom is -0.496 e. The second-order valence-corrected chi connectivity index (χ2v) is 5.41. The number of methoxy groups -OCH3 is 1. The van der Waals surface area contributed by atoms with Gasteiger partial charge in [-0.2, -0.15) is 0 Å². The largest absolute Gasteiger partial charge is 0.496 e. The highest BCUT2D eigenvalue weighted by Crippen LogP contribution is 2.24. The van der Waals surface area contributed by atoms with Crippen LogP contribution in [0.5, 0.6) is 5.75 Å². The molecule has 0 bridgehead atoms. The Morgan fingerprint density at radius 3 is 2.52 bits per heavy atom. The van der Waals surface area contributed by atoms with Gasteiger partial charge in [-0.1, -0.05) is 12.1 Å². The molecule has 0 aliphatic rings. The zero-order chi connectivity index (χ0) is 15.2. The van der Waals surface area contributed by atoms with E-state index in [4.69, 9.17) is 16.3 Å². The molecule has 1 aromatic heterocycles. The fraction of sp³-hybridized carbons (Fsp3) is 0.353. The van der Waals surface area contributed by atoms with Crippen molar-refractivity contribution in [3.05, 3.63) is 52.8 Å². The number of alkyl halides is 1. The monoisotopic (exact) mass is 304 g/mol. The molecule has 1 N–H and O–H groups in total. The third kappa shape index (κ3) is 3.88. The molecule has 2 rings (SSSR count). The fourth-order valence-corrected chi connectivity index (χ4v) is 2.55. The average Bonchev–Trinajstić information content (AvgIpc) is 2.49. The molecule has 0 aliphatic carbocycles. The Balaban J connectivity index is 2.06. The summed E-state index contributed by atoms with van der Waals surface area (Å²) >= 11 is 5.74. The number of pyridine rings is 1. The molecular formula is C17H21ClN2O. The first-order valence-electron chi connectivity index (χ1n) is 7.03. The van der Waals surface area contributed by atoms with E-state index in [0.29, 0.717) is 12.4 Å². The number of nitrogens with one attached hydrogen (secondary N) is 1. The number of hydrogen-bond donors (Lipinski definition) is 1. The Labute approximate surface area is 131 Å². The number of benzene rings is 1. The summed E-state index contributed by atoms with van der Waals surface area (Å²) in [4.78, 5) is 4.49. The number of halogens is 1. The van der Waals surface area contributed by atoms with Gasteiger partial charge in [0, 0.05) is 28.9 Å². The van der Waals surface area contributed by atoms with E-state index in [1.165, 1.54) is 5.56 Å². The average molecular weight is 305 g/mol. The zero-order valence-corrected chi connectivity index (χ0v) is 13.5. The summed E-state index contributed by atoms with van der Waals surface area (Å²) in [6, 6.07) is 8.34. The highest BCUT2D eigenvalue weighted by atomic mass is 35.5. The highest BCUT2D eigenvalue weighted by molar-refractivity contribution is 6.17. The summed E-state index contributed by atoms with van der Waals surface area (Å²) in [6.07, 6.45) is 2.75. The van der Waals surface area contributed by atoms with Crippen LogP contribution in [0.2, 0.25) is 0 Å². The number of anilines is 1. The van der Waals surface area contributed by atoms with Gasteiger partial charge < -0.3 is 10.1 Å². The van der Waals surface area contributed by atoms with E-state index in [1.807, 2.05) is 20.0 Å². The van der Waals surface area contributed by atoms with Crippen molar-refractivity contribution in [2.45, 2.75) is 26.8 Å². The summed E-state index contributed by atoms with van der Waals surface area (Å²) in [5.74, 6) is 1.57. The number of hydrogen-bond acceptors (Lipinski definition) is 3. The quantitative estimate of drug-likeness (QED) is 0.816. The summed E-state index contributed by atoms with van der Waals surface area (Å²) in [5.41, 5.74) is 5.48. The molecule has 2 aromatic rings. The molecule has 1 aromatic carbocycles. The molecule has 0 unspecified atom stereocenters. The van der Waals surface area contributed by atoms with E-state index < -0.39 is 0 Å². The van der Waals surface area contributed by atoms with Crippen molar-refractivity contribution in [1.29, 1.82) is 0 Å². The highest BCUT2D eigenvalue weighted by Gasteiger charge is 2.09. The van der Waals surface area contributed by atoms with Crippen molar-refractivity contribution < 1.29 is 4.74 Å². The Bertz CT molecular complexity index is 596. The zero-order valence-electron chi connectivity index (χ0n) is 12.7. The number of ether oxygens (including phenoxy) is 1. The van der Waals surface area contributed by atoms with Gasteiger partial charge in [-0.05, 0) is 38.0 Å². The van der Waals surface area contributed by atoms with Gasteiger partial charge in [0.05, 0.1) is 19.3 Å². The Morgan fingerprint density at radius 2 is 1.90 bits per heavy atom. The van der Waals surface area contributed by atoms with Crippen LogP contribution in [0.4, 0.5) is 5.69 Å². The van der Waals surface area contributed by atoms with E-state index in [2.05, 4.69) is 34.6 Å². The van der Waals surface area contributed by atoms with Gasteiger partial charge in [0.1, 0.15) is 5.75 Å². The van der Waals surface area contributed by atoms with Gasteiger partial charge in [0.25, 0.3) is 0 Å². The molecule has 4 heteroatoms. The molecule has 0 amide bonds. The third-order valence-corrected chi connectivity index (χ3v) is 3.74. The van der Waals surface area contributed by atoms with Crippen molar-refractivity contribution >= 4 is 17.3 Å². The van der Waals surface area contributed by atoms with Crippen molar-refractivity contribution in [3.8, 4) is 5.75 Å². The van der Waals surface area contributed by atoms with Crippen molar-refractivity contribution in [2.24, 2.45) is 0 Å². The molecule has 0 atom stereocenters. The predicted molar refractivity (Wildman–Crippen MR) is 88.5 cm³/mol. The number of rotatable bonds is 6. The minimum absolute atomic E-state index is 0.652. The van der Waals surface area contributed by atoms with Gasteiger partial charge in [-0.15, -0.1) is 11.6 Å². The topological polar surface area (TPSA) is 34.1 Å². The maximum Gasteiger partial charge on any atom is 0.128 e. The van der Waals surface area contributed by atoms with Crippen LogP contribution >= 0.6 is 11.6 Å². The third-order valence-electron chi connectivity index (χ3n) is 3.55. The molecule has 0 aliphatic heterocycles. The van der Waals surface area contributed by atoms with Crippen LogP contribution in [0, 0.1) is 13.8 Å². The van der Waals surface area contributed by atoms with Gasteiger partial charge in [0.15, 0.2) is 0 Å². The Kier molecular flexibility index (Phi) is 5.45. The van der Waals surface area contributed by atoms with Crippen LogP contribution in [0.25, 0.3) is 0 Å². The van der Waals surface area contributed by atoms with Crippen molar-refractivity contribution in [1.82, 2.24) is 4.98 Å². The van der Waals surface area contributed by atoms with Crippen LogP contribution in [0.3, 0.4) is 0 Å². The molecular weight excluding hydrogens is 284 g/mol. The van der Waals surface area contributed by atoms with E-state index in [0.717, 1.165) is 34.7 Å². The summed E-state index contributed by atoms with van der Waals surface area (Å²) in [5, 5.41) is 3.39. The summed E-state index contributed by atoms with van der Waals surface area (Å²) in [6.45, 7) is 4.72. The van der Waals surface area contributed by atoms with Crippen molar-refractivity contribution in [3.63, 3.8) is 0 Å². The first-order chi connectivity index (χ1) is 10.2. The number of aryl methyl sites for hydroxylation is 2. The van der Waals surface area contributed by atoms with Gasteiger partial charge in [0.2, 0.25) is 0 Å². The van der Waals surface area contributed by atoms with Crippen LogP contribution in [-0.4, -0.2) is 18.0 Å². The molecule has 112 valence electrons. The Morgan fingerprint density at radius 1 is 1.19 bits per heavy atom. The second-order valence-electron chi connectivity index (χ2n) is 5.04. The SMILES string of the molecule is COc1c(C)cnc(CNc2ccc(CCCl)cc2)c1C. The predicted octanol–water partition coefficient (Wildman–Crippen LogP) is 4.10. The molecule has 3 nitrogen and oxygen atoms in total. The number of aromatic nitrogens is 1. The maximum atomic E-state index is 5.74. The molecule has 0 fully saturated rings. The minimum atomic E-state index is 0.652. The second kappa shape index (κ2) is 7.32. The molecule has 0 saturated heterocycles. The first kappa shape index (κ1) is 15.6. The summed E-state index contributed by atoms with van der Waals surface area (Å²) in [7, 11) is 1.70. The van der Waals surface area contributed by atoms with Crippen LogP contribution < -0.4 is 10.1 Å². The van der Waals surface area contributed by atoms with Crippen LogP contribution in [0.15, 0.2) is 30.5 Å². The lowest BCUT2D eigenvalue weighted by atomic mass is 10.1. The van der Waals surface area contributed by atoms with Crippen LogP contribution in [0.1, 0.15) is 22.4 Å². The van der Waals surface area contributed by atoms with Gasteiger partial charge >= 0.3 is 0 Å². The smallest absolute Gasteiger partial charge is 0.128 e. The van der Waals surface area contributed by atoms with Gasteiger partial charge in [-0.3, -0.25) is 4.98 Å². The number of nitrogens with zero attached hydrogens (tertiary/aromatic N) is 1. The van der Waals surface area contributed by atoms with Crippen LogP contribution in [-0.2, 0) is 13.0 Å². The molecule has 0 saturated carbocycles. The van der Waals surface area contributed by atoms with E-state index in [-0.39, 0.29) is 0 Å². The van der Waals surface area contributed by atoms with E-state index in [1.54, 1.807) is 7.11 Å². The van der Waals surface area contributed by atoms with Crippen molar-refractivity contribution in [2.75, 3.05) is 18.3 Å². The maximum absolute atomic E-state index is 5.74. The molecule has 0 radical (unpaired) electrons. The molecule has 0 spiro atoms. The molecule has 1 heterocycles. The normalized spacial score (nSPS) is 10.5. The first-order valence-corrected chi connectivity index (χ1v) is 7.57. The standard InChI is InChI=1S/C17H21ClN2O/c1-12-10-20-16(13(2)17(12)21-3)11-19-15-6-4-14(5-7-15)8-9-18/h4-7,10,19H,8-9,11H2,1-3H3. The lowest BCUT2D eigenvalue weighted by molar-refractivity contribution is 0.407. The van der Waals surface area contributed by atoms with E-state index >= 15 is 0 Å².